The Morgan fingerprint density at radius 2 is 1.93 bits per heavy atom. The highest BCUT2D eigenvalue weighted by Crippen LogP contribution is 2.42. The number of carboxylic acid groups (broad SMARTS) is 1. The van der Waals surface area contributed by atoms with Gasteiger partial charge < -0.3 is 9.52 Å². The lowest BCUT2D eigenvalue weighted by atomic mass is 10.1. The molecule has 3 rings (SSSR count). The summed E-state index contributed by atoms with van der Waals surface area (Å²) in [7, 11) is 0. The lowest BCUT2D eigenvalue weighted by molar-refractivity contribution is -0.138. The van der Waals surface area contributed by atoms with Gasteiger partial charge in [0, 0.05) is 0 Å². The maximum absolute atomic E-state index is 13.5. The molecule has 1 atom stereocenters. The minimum Gasteiger partial charge on any atom is -0.480 e. The number of carboxylic acids is 1. The molecule has 142 valence electrons. The van der Waals surface area contributed by atoms with Gasteiger partial charge in [-0.3, -0.25) is 4.79 Å². The van der Waals surface area contributed by atoms with E-state index < -0.39 is 28.5 Å². The quantitative estimate of drug-likeness (QED) is 0.592. The molecule has 1 aromatic carbocycles. The van der Waals surface area contributed by atoms with Crippen molar-refractivity contribution in [2.75, 3.05) is 0 Å². The molecule has 0 aliphatic heterocycles. The van der Waals surface area contributed by atoms with E-state index in [1.165, 1.54) is 24.5 Å². The van der Waals surface area contributed by atoms with E-state index in [0.717, 1.165) is 6.07 Å². The molecule has 0 radical (unpaired) electrons. The second-order valence-corrected chi connectivity index (χ2v) is 6.66. The SMILES string of the molecule is N#Cc1c(C(F)(F)F)cc(-c2ccco2)nc1SC(C(=O)O)c1ccccc1. The molecule has 1 unspecified atom stereocenters. The number of nitriles is 1. The highest BCUT2D eigenvalue weighted by atomic mass is 32.2. The van der Waals surface area contributed by atoms with Crippen molar-refractivity contribution in [1.29, 1.82) is 5.26 Å². The average molecular weight is 404 g/mol. The van der Waals surface area contributed by atoms with E-state index in [4.69, 9.17) is 4.42 Å². The standard InChI is InChI=1S/C19H11F3N2O3S/c20-19(21,22)13-9-14(15-7-4-8-27-15)24-17(12(13)10-23)28-16(18(25)26)11-5-2-1-3-6-11/h1-9,16H,(H,25,26). The lowest BCUT2D eigenvalue weighted by Crippen LogP contribution is -2.13. The van der Waals surface area contributed by atoms with Crippen LogP contribution in [0, 0.1) is 11.3 Å². The number of furan rings is 1. The third-order valence-electron chi connectivity index (χ3n) is 3.73. The first-order chi connectivity index (χ1) is 13.3. The monoisotopic (exact) mass is 404 g/mol. The van der Waals surface area contributed by atoms with Gasteiger partial charge in [0.05, 0.1) is 17.4 Å². The lowest BCUT2D eigenvalue weighted by Gasteiger charge is -2.16. The number of hydrogen-bond donors (Lipinski definition) is 1. The van der Waals surface area contributed by atoms with E-state index >= 15 is 0 Å². The first-order valence-electron chi connectivity index (χ1n) is 7.82. The van der Waals surface area contributed by atoms with Crippen LogP contribution in [0.25, 0.3) is 11.5 Å². The molecule has 0 amide bonds. The first-order valence-corrected chi connectivity index (χ1v) is 8.70. The molecule has 3 aromatic rings. The van der Waals surface area contributed by atoms with Crippen LogP contribution in [-0.4, -0.2) is 16.1 Å². The number of rotatable bonds is 5. The Labute approximate surface area is 161 Å². The average Bonchev–Trinajstić information content (AvgIpc) is 3.20. The third-order valence-corrected chi connectivity index (χ3v) is 4.96. The summed E-state index contributed by atoms with van der Waals surface area (Å²) in [6, 6.07) is 13.1. The van der Waals surface area contributed by atoms with Gasteiger partial charge in [-0.2, -0.15) is 18.4 Å². The molecule has 9 heteroatoms. The third kappa shape index (κ3) is 4.02. The second kappa shape index (κ2) is 7.78. The number of nitrogens with zero attached hydrogens (tertiary/aromatic N) is 2. The molecule has 2 heterocycles. The van der Waals surface area contributed by atoms with E-state index in [2.05, 4.69) is 4.98 Å². The predicted molar refractivity (Wildman–Crippen MR) is 94.3 cm³/mol. The number of hydrogen-bond acceptors (Lipinski definition) is 5. The van der Waals surface area contributed by atoms with Crippen molar-refractivity contribution in [2.24, 2.45) is 0 Å². The molecule has 0 spiro atoms. The topological polar surface area (TPSA) is 87.1 Å². The zero-order valence-electron chi connectivity index (χ0n) is 14.0. The number of alkyl halides is 3. The minimum atomic E-state index is -4.82. The van der Waals surface area contributed by atoms with Crippen LogP contribution in [0.15, 0.2) is 64.2 Å². The fourth-order valence-corrected chi connectivity index (χ4v) is 3.53. The summed E-state index contributed by atoms with van der Waals surface area (Å²) in [4.78, 5) is 15.8. The van der Waals surface area contributed by atoms with Gasteiger partial charge in [0.15, 0.2) is 5.76 Å². The summed E-state index contributed by atoms with van der Waals surface area (Å²) in [6.45, 7) is 0. The van der Waals surface area contributed by atoms with Crippen LogP contribution in [-0.2, 0) is 11.0 Å². The zero-order valence-corrected chi connectivity index (χ0v) is 14.8. The van der Waals surface area contributed by atoms with E-state index in [0.29, 0.717) is 17.3 Å². The fourth-order valence-electron chi connectivity index (χ4n) is 2.49. The molecule has 1 N–H and O–H groups in total. The zero-order chi connectivity index (χ0) is 20.3. The van der Waals surface area contributed by atoms with Gasteiger partial charge in [0.2, 0.25) is 0 Å². The largest absolute Gasteiger partial charge is 0.480 e. The fraction of sp³-hybridized carbons (Fsp3) is 0.105. The number of halogens is 3. The Bertz CT molecular complexity index is 1030. The number of aromatic nitrogens is 1. The van der Waals surface area contributed by atoms with Crippen molar-refractivity contribution in [3.8, 4) is 17.5 Å². The summed E-state index contributed by atoms with van der Waals surface area (Å²) < 4.78 is 45.7. The van der Waals surface area contributed by atoms with Crippen LogP contribution in [0.1, 0.15) is 21.9 Å². The number of thioether (sulfide) groups is 1. The minimum absolute atomic E-state index is 0.0726. The van der Waals surface area contributed by atoms with Crippen molar-refractivity contribution in [3.05, 3.63) is 71.5 Å². The number of benzene rings is 1. The highest BCUT2D eigenvalue weighted by molar-refractivity contribution is 8.00. The molecule has 0 saturated carbocycles. The van der Waals surface area contributed by atoms with Crippen molar-refractivity contribution < 1.29 is 27.5 Å². The Balaban J connectivity index is 2.17. The summed E-state index contributed by atoms with van der Waals surface area (Å²) in [5, 5.41) is 17.3. The van der Waals surface area contributed by atoms with E-state index in [9.17, 15) is 28.3 Å². The molecule has 0 aliphatic carbocycles. The van der Waals surface area contributed by atoms with Crippen molar-refractivity contribution in [3.63, 3.8) is 0 Å². The Morgan fingerprint density at radius 3 is 2.46 bits per heavy atom. The normalized spacial score (nSPS) is 12.4. The van der Waals surface area contributed by atoms with Crippen molar-refractivity contribution in [1.82, 2.24) is 4.98 Å². The van der Waals surface area contributed by atoms with E-state index in [1.54, 1.807) is 30.3 Å². The summed E-state index contributed by atoms with van der Waals surface area (Å²) in [5.74, 6) is -1.19. The van der Waals surface area contributed by atoms with Gasteiger partial charge >= 0.3 is 12.1 Å². The van der Waals surface area contributed by atoms with Gasteiger partial charge in [-0.15, -0.1) is 0 Å². The smallest absolute Gasteiger partial charge is 0.417 e. The molecular weight excluding hydrogens is 393 g/mol. The van der Waals surface area contributed by atoms with Gasteiger partial charge in [-0.05, 0) is 23.8 Å². The molecule has 0 saturated heterocycles. The summed E-state index contributed by atoms with van der Waals surface area (Å²) in [5.41, 5.74) is -1.70. The molecule has 5 nitrogen and oxygen atoms in total. The maximum Gasteiger partial charge on any atom is 0.417 e. The van der Waals surface area contributed by atoms with Crippen LogP contribution in [0.2, 0.25) is 0 Å². The Kier molecular flexibility index (Phi) is 5.42. The number of aliphatic carboxylic acids is 1. The van der Waals surface area contributed by atoms with Crippen LogP contribution < -0.4 is 0 Å². The van der Waals surface area contributed by atoms with Crippen LogP contribution in [0.3, 0.4) is 0 Å². The molecule has 0 aliphatic rings. The maximum atomic E-state index is 13.5. The van der Waals surface area contributed by atoms with Gasteiger partial charge in [-0.1, -0.05) is 42.1 Å². The Hall–Kier alpha value is -3.25. The molecule has 0 fully saturated rings. The predicted octanol–water partition coefficient (Wildman–Crippen LogP) is 5.15. The van der Waals surface area contributed by atoms with Gasteiger partial charge in [-0.25, -0.2) is 4.98 Å². The highest BCUT2D eigenvalue weighted by Gasteiger charge is 2.37. The number of carbonyl (C=O) groups is 1. The molecular formula is C19H11F3N2O3S. The Morgan fingerprint density at radius 1 is 1.21 bits per heavy atom. The van der Waals surface area contributed by atoms with Crippen molar-refractivity contribution in [2.45, 2.75) is 16.5 Å². The molecule has 2 aromatic heterocycles. The summed E-state index contributed by atoms with van der Waals surface area (Å²) >= 11 is 0.568. The van der Waals surface area contributed by atoms with Gasteiger partial charge in [0.1, 0.15) is 22.0 Å². The molecule has 0 bridgehead atoms. The van der Waals surface area contributed by atoms with Crippen LogP contribution in [0.4, 0.5) is 13.2 Å². The second-order valence-electron chi connectivity index (χ2n) is 5.57. The molecule has 28 heavy (non-hydrogen) atoms. The van der Waals surface area contributed by atoms with Crippen LogP contribution in [0.5, 0.6) is 0 Å². The van der Waals surface area contributed by atoms with Gasteiger partial charge in [0.25, 0.3) is 0 Å². The summed E-state index contributed by atoms with van der Waals surface area (Å²) in [6.07, 6.45) is -3.55. The van der Waals surface area contributed by atoms with E-state index in [1.807, 2.05) is 0 Å². The number of pyridine rings is 1. The van der Waals surface area contributed by atoms with Crippen LogP contribution >= 0.6 is 11.8 Å². The van der Waals surface area contributed by atoms with Crippen molar-refractivity contribution >= 4 is 17.7 Å². The van der Waals surface area contributed by atoms with E-state index in [-0.39, 0.29) is 16.5 Å². The first kappa shape index (κ1) is 19.5.